The van der Waals surface area contributed by atoms with Gasteiger partial charge in [-0.3, -0.25) is 0 Å². The fraction of sp³-hybridized carbons (Fsp3) is 0. The normalized spacial score (nSPS) is 9.69. The van der Waals surface area contributed by atoms with Gasteiger partial charge in [0.2, 0.25) is 0 Å². The number of nitrogens with zero attached hydrogens (tertiary/aromatic N) is 1. The molecular formula is C7H4HgNO4. The molecule has 0 fully saturated rings. The molecular weight excluding hydrogens is 363 g/mol. The van der Waals surface area contributed by atoms with Crippen LogP contribution in [0.1, 0.15) is 10.4 Å². The summed E-state index contributed by atoms with van der Waals surface area (Å²) in [6.45, 7) is 0. The van der Waals surface area contributed by atoms with Gasteiger partial charge < -0.3 is 0 Å². The molecule has 0 heterocycles. The third kappa shape index (κ3) is 2.24. The van der Waals surface area contributed by atoms with Gasteiger partial charge in [0.15, 0.2) is 0 Å². The van der Waals surface area contributed by atoms with Gasteiger partial charge in [-0.1, -0.05) is 0 Å². The van der Waals surface area contributed by atoms with Gasteiger partial charge in [0.05, 0.1) is 0 Å². The molecule has 13 heavy (non-hydrogen) atoms. The van der Waals surface area contributed by atoms with Gasteiger partial charge in [-0.15, -0.1) is 0 Å². The van der Waals surface area contributed by atoms with Crippen LogP contribution >= 0.6 is 0 Å². The summed E-state index contributed by atoms with van der Waals surface area (Å²) in [6.07, 6.45) is 0. The van der Waals surface area contributed by atoms with E-state index < -0.39 is 10.9 Å². The van der Waals surface area contributed by atoms with Crippen molar-refractivity contribution < 1.29 is 40.9 Å². The van der Waals surface area contributed by atoms with Crippen molar-refractivity contribution in [3.8, 4) is 0 Å². The van der Waals surface area contributed by atoms with Gasteiger partial charge >= 0.3 is 89.6 Å². The van der Waals surface area contributed by atoms with E-state index in [0.717, 1.165) is 0 Å². The second kappa shape index (κ2) is 3.82. The van der Waals surface area contributed by atoms with E-state index in [0.29, 0.717) is 3.07 Å². The van der Waals surface area contributed by atoms with Crippen LogP contribution in [0.2, 0.25) is 0 Å². The number of carboxylic acids is 1. The zero-order chi connectivity index (χ0) is 10.0. The summed E-state index contributed by atoms with van der Waals surface area (Å²) in [5.41, 5.74) is 0.129. The third-order valence-electron chi connectivity index (χ3n) is 1.52. The van der Waals surface area contributed by atoms with E-state index in [1.165, 1.54) is 18.2 Å². The number of carboxylic acid groups (broad SMARTS) is 1. The number of nitro groups is 1. The van der Waals surface area contributed by atoms with Gasteiger partial charge in [0, 0.05) is 0 Å². The molecule has 0 saturated heterocycles. The molecule has 5 nitrogen and oxygen atoms in total. The van der Waals surface area contributed by atoms with E-state index in [1.807, 2.05) is 0 Å². The molecule has 0 saturated carbocycles. The number of aromatic carboxylic acids is 1. The molecule has 0 bridgehead atoms. The van der Waals surface area contributed by atoms with Crippen molar-refractivity contribution in [3.05, 3.63) is 33.9 Å². The molecule has 0 atom stereocenters. The van der Waals surface area contributed by atoms with Crippen molar-refractivity contribution in [2.24, 2.45) is 0 Å². The van der Waals surface area contributed by atoms with Gasteiger partial charge in [-0.25, -0.2) is 0 Å². The molecule has 1 aromatic carbocycles. The van der Waals surface area contributed by atoms with Crippen LogP contribution in [0.4, 0.5) is 5.69 Å². The molecule has 1 rings (SSSR count). The molecule has 0 aliphatic heterocycles. The number of carbonyl (C=O) groups is 1. The Kier molecular flexibility index (Phi) is 2.97. The molecule has 0 aromatic heterocycles. The zero-order valence-electron chi connectivity index (χ0n) is 6.56. The van der Waals surface area contributed by atoms with Crippen LogP contribution < -0.4 is 3.07 Å². The van der Waals surface area contributed by atoms with Crippen LogP contribution in [0, 0.1) is 10.1 Å². The summed E-state index contributed by atoms with van der Waals surface area (Å²) in [5.74, 6) is -1.05. The molecule has 0 aliphatic carbocycles. The maximum absolute atomic E-state index is 10.5. The average molecular weight is 367 g/mol. The maximum atomic E-state index is 10.5. The van der Waals surface area contributed by atoms with Crippen molar-refractivity contribution in [3.63, 3.8) is 0 Å². The summed E-state index contributed by atoms with van der Waals surface area (Å²) < 4.78 is 0.546. The first kappa shape index (κ1) is 10.1. The number of hydrogen-bond acceptors (Lipinski definition) is 3. The third-order valence-corrected chi connectivity index (χ3v) is 3.72. The first-order valence-corrected chi connectivity index (χ1v) is 6.11. The predicted molar refractivity (Wildman–Crippen MR) is 39.7 cm³/mol. The van der Waals surface area contributed by atoms with Crippen LogP contribution in [-0.2, 0) is 26.1 Å². The first-order chi connectivity index (χ1) is 6.02. The number of hydrogen-bond donors (Lipinski definition) is 1. The van der Waals surface area contributed by atoms with E-state index in [4.69, 9.17) is 5.11 Å². The monoisotopic (exact) mass is 368 g/mol. The Morgan fingerprint density at radius 2 is 2.15 bits per heavy atom. The molecule has 1 N–H and O–H groups in total. The van der Waals surface area contributed by atoms with Crippen LogP contribution in [-0.4, -0.2) is 16.0 Å². The Balaban J connectivity index is 3.20. The van der Waals surface area contributed by atoms with Gasteiger partial charge in [-0.2, -0.15) is 0 Å². The number of nitro benzene ring substituents is 1. The fourth-order valence-electron chi connectivity index (χ4n) is 0.897. The quantitative estimate of drug-likeness (QED) is 0.468. The predicted octanol–water partition coefficient (Wildman–Crippen LogP) is 0.465. The van der Waals surface area contributed by atoms with E-state index >= 15 is 0 Å². The van der Waals surface area contributed by atoms with Crippen LogP contribution in [0.5, 0.6) is 0 Å². The molecule has 1 aromatic rings. The molecule has 0 radical (unpaired) electrons. The zero-order valence-corrected chi connectivity index (χ0v) is 12.1. The van der Waals surface area contributed by atoms with Gasteiger partial charge in [-0.05, 0) is 0 Å². The standard InChI is InChI=1S/C7H4NO4.Hg/c9-7(10)5-1-3-6(4-2-5)8(11)12;/h1-3H,(H,9,10);. The van der Waals surface area contributed by atoms with Crippen LogP contribution in [0.3, 0.4) is 0 Å². The van der Waals surface area contributed by atoms with E-state index in [9.17, 15) is 14.9 Å². The van der Waals surface area contributed by atoms with E-state index in [-0.39, 0.29) is 37.4 Å². The van der Waals surface area contributed by atoms with E-state index in [1.54, 1.807) is 0 Å². The van der Waals surface area contributed by atoms with E-state index in [2.05, 4.69) is 0 Å². The Bertz CT molecular complexity index is 377. The molecule has 6 heteroatoms. The second-order valence-electron chi connectivity index (χ2n) is 2.41. The molecule has 63 valence electrons. The Labute approximate surface area is 89.5 Å². The molecule has 0 spiro atoms. The van der Waals surface area contributed by atoms with Crippen molar-refractivity contribution in [2.45, 2.75) is 0 Å². The fourth-order valence-corrected chi connectivity index (χ4v) is 2.71. The van der Waals surface area contributed by atoms with Crippen molar-refractivity contribution in [2.75, 3.05) is 0 Å². The Morgan fingerprint density at radius 1 is 1.54 bits per heavy atom. The summed E-state index contributed by atoms with van der Waals surface area (Å²) in [7, 11) is 0. The van der Waals surface area contributed by atoms with Gasteiger partial charge in [0.25, 0.3) is 0 Å². The minimum atomic E-state index is -1.05. The van der Waals surface area contributed by atoms with Crippen molar-refractivity contribution in [1.29, 1.82) is 0 Å². The second-order valence-corrected chi connectivity index (χ2v) is 5.37. The summed E-state index contributed by atoms with van der Waals surface area (Å²) in [5, 5.41) is 19.0. The minimum absolute atomic E-state index is 0.0216. The van der Waals surface area contributed by atoms with Crippen molar-refractivity contribution >= 4 is 14.7 Å². The summed E-state index contributed by atoms with van der Waals surface area (Å²) >= 11 is 0.0460. The average Bonchev–Trinajstić information content (AvgIpc) is 2.03. The van der Waals surface area contributed by atoms with Crippen molar-refractivity contribution in [1.82, 2.24) is 0 Å². The molecule has 0 amide bonds. The Hall–Kier alpha value is -0.975. The SMILES string of the molecule is O=C(O)c1ccc([N+](=O)[O-])[c]([Hg])c1. The number of rotatable bonds is 2. The Morgan fingerprint density at radius 3 is 2.54 bits per heavy atom. The van der Waals surface area contributed by atoms with Crippen LogP contribution in [0.15, 0.2) is 18.2 Å². The van der Waals surface area contributed by atoms with Gasteiger partial charge in [0.1, 0.15) is 0 Å². The summed E-state index contributed by atoms with van der Waals surface area (Å²) in [6, 6.07) is 3.85. The summed E-state index contributed by atoms with van der Waals surface area (Å²) in [4.78, 5) is 20.4. The molecule has 0 aliphatic rings. The topological polar surface area (TPSA) is 80.4 Å². The molecule has 0 unspecified atom stereocenters. The number of benzene rings is 1. The van der Waals surface area contributed by atoms with Crippen LogP contribution in [0.25, 0.3) is 0 Å². The first-order valence-electron chi connectivity index (χ1n) is 3.36.